The first kappa shape index (κ1) is 12.9. The molecule has 1 aliphatic rings. The van der Waals surface area contributed by atoms with E-state index in [2.05, 4.69) is 29.1 Å². The van der Waals surface area contributed by atoms with Gasteiger partial charge in [0.15, 0.2) is 0 Å². The summed E-state index contributed by atoms with van der Waals surface area (Å²) < 4.78 is 0.649. The van der Waals surface area contributed by atoms with Crippen LogP contribution in [0, 0.1) is 15.4 Å². The molecule has 17 heavy (non-hydrogen) atoms. The SMILES string of the molecule is CC1CC(C)CC(Nc2nc[nH]c(=O)c2I)C1. The second-order valence-corrected chi connectivity index (χ2v) is 6.23. The smallest absolute Gasteiger partial charge is 0.266 e. The summed E-state index contributed by atoms with van der Waals surface area (Å²) in [5.74, 6) is 2.22. The van der Waals surface area contributed by atoms with Crippen LogP contribution in [0.5, 0.6) is 0 Å². The molecule has 0 aliphatic heterocycles. The number of halogens is 1. The zero-order valence-corrected chi connectivity index (χ0v) is 12.3. The first-order chi connectivity index (χ1) is 8.06. The third kappa shape index (κ3) is 3.20. The topological polar surface area (TPSA) is 57.8 Å². The standard InChI is InChI=1S/C12H18IN3O/c1-7-3-8(2)5-9(4-7)16-11-10(13)12(17)15-6-14-11/h6-9H,3-5H2,1-2H3,(H2,14,15,16,17). The van der Waals surface area contributed by atoms with E-state index in [0.29, 0.717) is 9.61 Å². The summed E-state index contributed by atoms with van der Waals surface area (Å²) in [5, 5.41) is 3.41. The minimum absolute atomic E-state index is 0.0694. The average Bonchev–Trinajstić information content (AvgIpc) is 2.23. The average molecular weight is 347 g/mol. The lowest BCUT2D eigenvalue weighted by molar-refractivity contribution is 0.280. The Kier molecular flexibility index (Phi) is 4.06. The van der Waals surface area contributed by atoms with Crippen molar-refractivity contribution in [2.75, 3.05) is 5.32 Å². The Morgan fingerprint density at radius 1 is 1.35 bits per heavy atom. The Morgan fingerprint density at radius 2 is 2.00 bits per heavy atom. The molecule has 94 valence electrons. The molecule has 2 unspecified atom stereocenters. The molecule has 0 amide bonds. The van der Waals surface area contributed by atoms with E-state index in [4.69, 9.17) is 0 Å². The first-order valence-electron chi connectivity index (χ1n) is 6.06. The quantitative estimate of drug-likeness (QED) is 0.809. The molecule has 1 heterocycles. The maximum Gasteiger partial charge on any atom is 0.266 e. The van der Waals surface area contributed by atoms with Crippen molar-refractivity contribution in [2.24, 2.45) is 11.8 Å². The van der Waals surface area contributed by atoms with Crippen LogP contribution in [0.3, 0.4) is 0 Å². The molecule has 2 rings (SSSR count). The summed E-state index contributed by atoms with van der Waals surface area (Å²) >= 11 is 2.04. The summed E-state index contributed by atoms with van der Waals surface area (Å²) in [4.78, 5) is 18.3. The fraction of sp³-hybridized carbons (Fsp3) is 0.667. The van der Waals surface area contributed by atoms with E-state index < -0.39 is 0 Å². The normalized spacial score (nSPS) is 29.0. The minimum Gasteiger partial charge on any atom is -0.366 e. The Morgan fingerprint density at radius 3 is 2.65 bits per heavy atom. The van der Waals surface area contributed by atoms with Crippen LogP contribution < -0.4 is 10.9 Å². The number of H-pyrrole nitrogens is 1. The van der Waals surface area contributed by atoms with Crippen molar-refractivity contribution in [3.05, 3.63) is 20.3 Å². The predicted octanol–water partition coefficient (Wildman–Crippen LogP) is 2.61. The van der Waals surface area contributed by atoms with Crippen LogP contribution in [0.2, 0.25) is 0 Å². The van der Waals surface area contributed by atoms with Gasteiger partial charge in [0.05, 0.1) is 6.33 Å². The third-order valence-corrected chi connectivity index (χ3v) is 4.32. The zero-order chi connectivity index (χ0) is 12.4. The van der Waals surface area contributed by atoms with Gasteiger partial charge in [0.1, 0.15) is 9.39 Å². The van der Waals surface area contributed by atoms with Gasteiger partial charge in [0.2, 0.25) is 0 Å². The molecule has 1 aromatic heterocycles. The molecular formula is C12H18IN3O. The fourth-order valence-corrected chi connectivity index (χ4v) is 3.19. The fourth-order valence-electron chi connectivity index (χ4n) is 2.74. The second kappa shape index (κ2) is 5.37. The van der Waals surface area contributed by atoms with E-state index in [1.807, 2.05) is 22.6 Å². The van der Waals surface area contributed by atoms with Crippen LogP contribution in [0.15, 0.2) is 11.1 Å². The number of anilines is 1. The first-order valence-corrected chi connectivity index (χ1v) is 7.14. The van der Waals surface area contributed by atoms with Crippen LogP contribution >= 0.6 is 22.6 Å². The van der Waals surface area contributed by atoms with Crippen molar-refractivity contribution in [1.29, 1.82) is 0 Å². The van der Waals surface area contributed by atoms with Gasteiger partial charge in [-0.05, 0) is 53.7 Å². The highest BCUT2D eigenvalue weighted by Gasteiger charge is 2.24. The van der Waals surface area contributed by atoms with Gasteiger partial charge in [-0.25, -0.2) is 4.98 Å². The lowest BCUT2D eigenvalue weighted by Gasteiger charge is -2.32. The second-order valence-electron chi connectivity index (χ2n) is 5.15. The Hall–Kier alpha value is -0.590. The Balaban J connectivity index is 2.10. The summed E-state index contributed by atoms with van der Waals surface area (Å²) in [6, 6.07) is 0.441. The molecule has 0 spiro atoms. The van der Waals surface area contributed by atoms with E-state index in [1.165, 1.54) is 12.7 Å². The van der Waals surface area contributed by atoms with Crippen molar-refractivity contribution >= 4 is 28.4 Å². The van der Waals surface area contributed by atoms with Gasteiger partial charge in [-0.3, -0.25) is 4.79 Å². The van der Waals surface area contributed by atoms with E-state index in [-0.39, 0.29) is 5.56 Å². The Labute approximate surface area is 115 Å². The van der Waals surface area contributed by atoms with Crippen molar-refractivity contribution in [3.63, 3.8) is 0 Å². The molecule has 0 saturated heterocycles. The van der Waals surface area contributed by atoms with Gasteiger partial charge in [0.25, 0.3) is 5.56 Å². The molecule has 0 aromatic carbocycles. The maximum absolute atomic E-state index is 11.5. The van der Waals surface area contributed by atoms with Gasteiger partial charge < -0.3 is 10.3 Å². The number of hydrogen-bond acceptors (Lipinski definition) is 3. The van der Waals surface area contributed by atoms with Crippen LogP contribution in [-0.2, 0) is 0 Å². The van der Waals surface area contributed by atoms with Crippen LogP contribution in [0.25, 0.3) is 0 Å². The highest BCUT2D eigenvalue weighted by atomic mass is 127. The van der Waals surface area contributed by atoms with Crippen LogP contribution in [0.4, 0.5) is 5.82 Å². The van der Waals surface area contributed by atoms with Gasteiger partial charge in [-0.2, -0.15) is 0 Å². The number of nitrogens with one attached hydrogen (secondary N) is 2. The molecule has 0 radical (unpaired) electrons. The summed E-state index contributed by atoms with van der Waals surface area (Å²) in [7, 11) is 0. The molecule has 5 heteroatoms. The zero-order valence-electron chi connectivity index (χ0n) is 10.2. The summed E-state index contributed by atoms with van der Waals surface area (Å²) in [6.45, 7) is 4.58. The lowest BCUT2D eigenvalue weighted by Crippen LogP contribution is -2.31. The van der Waals surface area contributed by atoms with E-state index in [9.17, 15) is 4.79 Å². The van der Waals surface area contributed by atoms with E-state index in [1.54, 1.807) is 0 Å². The predicted molar refractivity (Wildman–Crippen MR) is 77.2 cm³/mol. The Bertz CT molecular complexity index is 436. The molecular weight excluding hydrogens is 329 g/mol. The highest BCUT2D eigenvalue weighted by molar-refractivity contribution is 14.1. The molecule has 0 bridgehead atoms. The summed E-state index contributed by atoms with van der Waals surface area (Å²) in [6.07, 6.45) is 5.09. The highest BCUT2D eigenvalue weighted by Crippen LogP contribution is 2.30. The monoisotopic (exact) mass is 347 g/mol. The van der Waals surface area contributed by atoms with E-state index >= 15 is 0 Å². The van der Waals surface area contributed by atoms with Crippen molar-refractivity contribution in [3.8, 4) is 0 Å². The lowest BCUT2D eigenvalue weighted by atomic mass is 9.80. The molecule has 1 saturated carbocycles. The number of nitrogens with zero attached hydrogens (tertiary/aromatic N) is 1. The van der Waals surface area contributed by atoms with Gasteiger partial charge in [-0.15, -0.1) is 0 Å². The number of hydrogen-bond donors (Lipinski definition) is 2. The van der Waals surface area contributed by atoms with Gasteiger partial charge >= 0.3 is 0 Å². The van der Waals surface area contributed by atoms with Gasteiger partial charge in [0, 0.05) is 6.04 Å². The molecule has 2 atom stereocenters. The molecule has 1 aliphatic carbocycles. The van der Waals surface area contributed by atoms with Crippen molar-refractivity contribution < 1.29 is 0 Å². The summed E-state index contributed by atoms with van der Waals surface area (Å²) in [5.41, 5.74) is -0.0694. The van der Waals surface area contributed by atoms with Gasteiger partial charge in [-0.1, -0.05) is 13.8 Å². The third-order valence-electron chi connectivity index (χ3n) is 3.32. The minimum atomic E-state index is -0.0694. The molecule has 1 aromatic rings. The number of aromatic nitrogens is 2. The van der Waals surface area contributed by atoms with Crippen molar-refractivity contribution in [1.82, 2.24) is 9.97 Å². The largest absolute Gasteiger partial charge is 0.366 e. The van der Waals surface area contributed by atoms with Crippen LogP contribution in [-0.4, -0.2) is 16.0 Å². The van der Waals surface area contributed by atoms with Crippen LogP contribution in [0.1, 0.15) is 33.1 Å². The molecule has 1 fully saturated rings. The maximum atomic E-state index is 11.5. The molecule has 4 nitrogen and oxygen atoms in total. The number of aromatic amines is 1. The number of rotatable bonds is 2. The molecule has 2 N–H and O–H groups in total. The van der Waals surface area contributed by atoms with Crippen molar-refractivity contribution in [2.45, 2.75) is 39.2 Å². The van der Waals surface area contributed by atoms with E-state index in [0.717, 1.165) is 30.5 Å².